The summed E-state index contributed by atoms with van der Waals surface area (Å²) in [6.45, 7) is 0. The first-order chi connectivity index (χ1) is 14.0. The van der Waals surface area contributed by atoms with Gasteiger partial charge in [0.05, 0.1) is 24.2 Å². The van der Waals surface area contributed by atoms with E-state index in [0.717, 1.165) is 44.5 Å². The summed E-state index contributed by atoms with van der Waals surface area (Å²) < 4.78 is 7.85. The van der Waals surface area contributed by atoms with Gasteiger partial charge in [0.15, 0.2) is 5.75 Å². The van der Waals surface area contributed by atoms with Crippen LogP contribution >= 0.6 is 11.6 Å². The lowest BCUT2D eigenvalue weighted by Gasteiger charge is -2.29. The number of nitrogens with zero attached hydrogens (tertiary/aromatic N) is 2. The highest BCUT2D eigenvalue weighted by molar-refractivity contribution is 6.31. The highest BCUT2D eigenvalue weighted by atomic mass is 35.5. The zero-order valence-electron chi connectivity index (χ0n) is 15.8. The lowest BCUT2D eigenvalue weighted by molar-refractivity contribution is -0.133. The van der Waals surface area contributed by atoms with Gasteiger partial charge in [-0.2, -0.15) is 0 Å². The van der Waals surface area contributed by atoms with Gasteiger partial charge in [0.1, 0.15) is 18.0 Å². The standard InChI is InChI=1S/C22H18ClN3O3/c1-25-21(27)16-15-12-9-10(23)7-8-13(12)24-17(15)19-20(29-2)11-5-3-4-6-14(11)26(19)18(16)22(25)28/h3-9,16,18,21,24,27H,1-2H3. The van der Waals surface area contributed by atoms with Crippen LogP contribution in [0.15, 0.2) is 42.5 Å². The SMILES string of the molecule is COc1c2n(c3ccccc13)C1C(=O)N(C)C(O)C1c1c-2[nH]c2ccc(Cl)cc12. The number of H-pyrrole nitrogens is 1. The minimum atomic E-state index is -0.926. The van der Waals surface area contributed by atoms with Gasteiger partial charge in [-0.3, -0.25) is 4.79 Å². The van der Waals surface area contributed by atoms with E-state index in [4.69, 9.17) is 16.3 Å². The highest BCUT2D eigenvalue weighted by Crippen LogP contribution is 2.56. The maximum atomic E-state index is 13.3. The molecule has 2 aliphatic heterocycles. The minimum Gasteiger partial charge on any atom is -0.494 e. The summed E-state index contributed by atoms with van der Waals surface area (Å²) in [5, 5.41) is 13.5. The topological polar surface area (TPSA) is 70.5 Å². The van der Waals surface area contributed by atoms with Gasteiger partial charge in [-0.05, 0) is 35.9 Å². The molecular formula is C22H18ClN3O3. The Balaban J connectivity index is 1.83. The van der Waals surface area contributed by atoms with Crippen molar-refractivity contribution in [2.24, 2.45) is 0 Å². The monoisotopic (exact) mass is 407 g/mol. The van der Waals surface area contributed by atoms with Gasteiger partial charge in [0.2, 0.25) is 5.91 Å². The van der Waals surface area contributed by atoms with Gasteiger partial charge in [0.25, 0.3) is 0 Å². The zero-order valence-corrected chi connectivity index (χ0v) is 16.6. The third-order valence-electron chi connectivity index (χ3n) is 6.38. The number of benzene rings is 2. The number of fused-ring (bicyclic) bond motifs is 10. The Hall–Kier alpha value is -2.96. The van der Waals surface area contributed by atoms with Gasteiger partial charge in [-0.25, -0.2) is 0 Å². The molecule has 1 amide bonds. The molecule has 0 radical (unpaired) electrons. The molecule has 2 N–H and O–H groups in total. The van der Waals surface area contributed by atoms with Crippen molar-refractivity contribution in [3.8, 4) is 17.1 Å². The molecule has 6 rings (SSSR count). The van der Waals surface area contributed by atoms with Crippen LogP contribution in [0.2, 0.25) is 5.02 Å². The van der Waals surface area contributed by atoms with Gasteiger partial charge in [0, 0.05) is 28.4 Å². The number of likely N-dealkylation sites (tertiary alicyclic amines) is 1. The maximum absolute atomic E-state index is 13.3. The van der Waals surface area contributed by atoms with Crippen LogP contribution in [0.3, 0.4) is 0 Å². The second-order valence-corrected chi connectivity index (χ2v) is 8.14. The van der Waals surface area contributed by atoms with E-state index in [0.29, 0.717) is 5.02 Å². The number of hydrogen-bond acceptors (Lipinski definition) is 3. The Morgan fingerprint density at radius 3 is 2.76 bits per heavy atom. The Labute approximate surface area is 171 Å². The van der Waals surface area contributed by atoms with Crippen LogP contribution in [-0.4, -0.2) is 45.9 Å². The summed E-state index contributed by atoms with van der Waals surface area (Å²) in [6.07, 6.45) is -0.926. The van der Waals surface area contributed by atoms with E-state index in [1.165, 1.54) is 4.90 Å². The number of halogens is 1. The van der Waals surface area contributed by atoms with Crippen molar-refractivity contribution in [2.45, 2.75) is 18.2 Å². The molecule has 0 aliphatic carbocycles. The van der Waals surface area contributed by atoms with E-state index in [9.17, 15) is 9.90 Å². The first-order valence-electron chi connectivity index (χ1n) is 9.46. The molecule has 3 atom stereocenters. The number of aromatic amines is 1. The number of para-hydroxylation sites is 1. The number of methoxy groups -OCH3 is 1. The normalized spacial score (nSPS) is 22.8. The number of hydrogen-bond donors (Lipinski definition) is 2. The molecule has 1 saturated heterocycles. The molecule has 3 unspecified atom stereocenters. The molecular weight excluding hydrogens is 390 g/mol. The molecule has 6 nitrogen and oxygen atoms in total. The van der Waals surface area contributed by atoms with Crippen LogP contribution in [0.5, 0.6) is 5.75 Å². The largest absolute Gasteiger partial charge is 0.494 e. The molecule has 146 valence electrons. The lowest BCUT2D eigenvalue weighted by Crippen LogP contribution is -2.30. The van der Waals surface area contributed by atoms with Gasteiger partial charge in [-0.1, -0.05) is 23.7 Å². The van der Waals surface area contributed by atoms with Crippen LogP contribution in [-0.2, 0) is 4.79 Å². The summed E-state index contributed by atoms with van der Waals surface area (Å²) in [4.78, 5) is 18.2. The number of aliphatic hydroxyl groups excluding tert-OH is 1. The number of amides is 1. The molecule has 0 bridgehead atoms. The number of aliphatic hydroxyl groups is 1. The fraction of sp³-hybridized carbons (Fsp3) is 0.227. The molecule has 0 saturated carbocycles. The van der Waals surface area contributed by atoms with Crippen LogP contribution in [0, 0.1) is 0 Å². The number of rotatable bonds is 1. The Kier molecular flexibility index (Phi) is 3.25. The molecule has 29 heavy (non-hydrogen) atoms. The first-order valence-corrected chi connectivity index (χ1v) is 9.84. The predicted octanol–water partition coefficient (Wildman–Crippen LogP) is 3.88. The van der Waals surface area contributed by atoms with Crippen molar-refractivity contribution in [1.82, 2.24) is 14.5 Å². The number of likely N-dealkylation sites (N-methyl/N-ethyl adjacent to an activating group) is 1. The van der Waals surface area contributed by atoms with Crippen molar-refractivity contribution in [2.75, 3.05) is 14.2 Å². The molecule has 2 aromatic carbocycles. The second-order valence-electron chi connectivity index (χ2n) is 7.71. The zero-order chi connectivity index (χ0) is 20.0. The third-order valence-corrected chi connectivity index (χ3v) is 6.61. The van der Waals surface area contributed by atoms with E-state index < -0.39 is 18.2 Å². The van der Waals surface area contributed by atoms with Crippen LogP contribution < -0.4 is 4.74 Å². The fourth-order valence-electron chi connectivity index (χ4n) is 5.16. The van der Waals surface area contributed by atoms with E-state index in [2.05, 4.69) is 4.98 Å². The van der Waals surface area contributed by atoms with E-state index >= 15 is 0 Å². The van der Waals surface area contributed by atoms with Crippen molar-refractivity contribution >= 4 is 39.3 Å². The average molecular weight is 408 g/mol. The van der Waals surface area contributed by atoms with Gasteiger partial charge < -0.3 is 24.3 Å². The Morgan fingerprint density at radius 2 is 1.97 bits per heavy atom. The van der Waals surface area contributed by atoms with Crippen LogP contribution in [0.4, 0.5) is 0 Å². The van der Waals surface area contributed by atoms with Gasteiger partial charge in [-0.15, -0.1) is 0 Å². The quantitative estimate of drug-likeness (QED) is 0.503. The summed E-state index contributed by atoms with van der Waals surface area (Å²) in [7, 11) is 3.29. The molecule has 2 aromatic heterocycles. The summed E-state index contributed by atoms with van der Waals surface area (Å²) in [5.74, 6) is 0.187. The number of nitrogens with one attached hydrogen (secondary N) is 1. The maximum Gasteiger partial charge on any atom is 0.248 e. The Bertz CT molecular complexity index is 1340. The van der Waals surface area contributed by atoms with Crippen LogP contribution in [0.1, 0.15) is 17.5 Å². The molecule has 4 aromatic rings. The van der Waals surface area contributed by atoms with Crippen molar-refractivity contribution in [3.63, 3.8) is 0 Å². The van der Waals surface area contributed by atoms with Crippen molar-refractivity contribution in [1.29, 1.82) is 0 Å². The molecule has 4 heterocycles. The van der Waals surface area contributed by atoms with Crippen molar-refractivity contribution in [3.05, 3.63) is 53.1 Å². The Morgan fingerprint density at radius 1 is 1.17 bits per heavy atom. The molecule has 2 aliphatic rings. The lowest BCUT2D eigenvalue weighted by atomic mass is 9.86. The number of aromatic nitrogens is 2. The molecule has 1 fully saturated rings. The molecule has 7 heteroatoms. The predicted molar refractivity (Wildman–Crippen MR) is 111 cm³/mol. The smallest absolute Gasteiger partial charge is 0.248 e. The first kappa shape index (κ1) is 16.9. The fourth-order valence-corrected chi connectivity index (χ4v) is 5.33. The highest BCUT2D eigenvalue weighted by Gasteiger charge is 2.53. The van der Waals surface area contributed by atoms with Crippen LogP contribution in [0.25, 0.3) is 33.2 Å². The summed E-state index contributed by atoms with van der Waals surface area (Å²) in [6, 6.07) is 13.0. The van der Waals surface area contributed by atoms with E-state index in [-0.39, 0.29) is 5.91 Å². The number of ether oxygens (including phenoxy) is 1. The molecule has 0 spiro atoms. The second kappa shape index (κ2) is 5.55. The summed E-state index contributed by atoms with van der Waals surface area (Å²) >= 11 is 6.29. The van der Waals surface area contributed by atoms with E-state index in [1.807, 2.05) is 47.0 Å². The van der Waals surface area contributed by atoms with E-state index in [1.54, 1.807) is 14.2 Å². The average Bonchev–Trinajstić information content (AvgIpc) is 3.32. The van der Waals surface area contributed by atoms with Gasteiger partial charge >= 0.3 is 0 Å². The number of carbonyl (C=O) groups is 1. The van der Waals surface area contributed by atoms with Crippen molar-refractivity contribution < 1.29 is 14.6 Å². The summed E-state index contributed by atoms with van der Waals surface area (Å²) in [5.41, 5.74) is 4.42. The minimum absolute atomic E-state index is 0.116. The third kappa shape index (κ3) is 1.93. The number of carbonyl (C=O) groups excluding carboxylic acids is 1.